The Balaban J connectivity index is 1.10. The molecule has 1 N–H and O–H groups in total. The van der Waals surface area contributed by atoms with Crippen molar-refractivity contribution >= 4 is 17.8 Å². The Morgan fingerprint density at radius 2 is 1.72 bits per heavy atom. The molecule has 5 aliphatic rings. The molecule has 10 heteroatoms. The fourth-order valence-corrected chi connectivity index (χ4v) is 8.54. The molecule has 3 aromatic rings. The number of oxazole rings is 1. The van der Waals surface area contributed by atoms with Crippen LogP contribution < -0.4 is 15.0 Å². The molecular formula is C40H52N4O6. The van der Waals surface area contributed by atoms with Gasteiger partial charge in [0, 0.05) is 29.6 Å². The number of amides is 2. The van der Waals surface area contributed by atoms with Gasteiger partial charge < -0.3 is 23.9 Å². The maximum Gasteiger partial charge on any atom is 0.407 e. The predicted octanol–water partition coefficient (Wildman–Crippen LogP) is 7.66. The fourth-order valence-electron chi connectivity index (χ4n) is 8.54. The number of nitrogens with zero attached hydrogens (tertiary/aromatic N) is 3. The Morgan fingerprint density at radius 3 is 2.32 bits per heavy atom. The fraction of sp³-hybridized carbons (Fsp3) is 0.600. The molecule has 268 valence electrons. The number of nitrogens with one attached hydrogen (secondary N) is 1. The van der Waals surface area contributed by atoms with Gasteiger partial charge in [0.25, 0.3) is 0 Å². The lowest BCUT2D eigenvalue weighted by Crippen LogP contribution is -2.52. The molecule has 5 fully saturated rings. The van der Waals surface area contributed by atoms with Gasteiger partial charge in [0.2, 0.25) is 5.91 Å². The third-order valence-electron chi connectivity index (χ3n) is 11.9. The van der Waals surface area contributed by atoms with Gasteiger partial charge in [-0.2, -0.15) is 0 Å². The van der Waals surface area contributed by atoms with Crippen molar-refractivity contribution in [2.75, 3.05) is 31.8 Å². The topological polar surface area (TPSA) is 116 Å². The number of hydrogen-bond acceptors (Lipinski definition) is 8. The first-order chi connectivity index (χ1) is 24.0. The standard InChI is InChI=1S/C40H52N4O6/c1-26-20-29(8-11-33(26)47-5)40-16-13-39(14-17-40,15-18-40)25-44(34-21-28(12-19-41-34)32-24-49-36(43-32)38(2,3)4)35(45)27-6-9-31(10-7-27)50-37(46)42-30-22-48-23-30/h8,11-12,19-21,24,27,30-31H,6-7,9-10,13-18,22-23,25H2,1-5H3,(H,42,46)/t27-,31-,39?,40?. The zero-order chi connectivity index (χ0) is 35.1. The van der Waals surface area contributed by atoms with Crippen LogP contribution in [0.15, 0.2) is 47.2 Å². The molecule has 4 saturated carbocycles. The summed E-state index contributed by atoms with van der Waals surface area (Å²) in [6, 6.07) is 10.7. The molecule has 1 aromatic carbocycles. The van der Waals surface area contributed by atoms with Crippen LogP contribution in [0.25, 0.3) is 11.3 Å². The molecule has 0 unspecified atom stereocenters. The van der Waals surface area contributed by atoms with E-state index in [4.69, 9.17) is 28.6 Å². The van der Waals surface area contributed by atoms with Crippen LogP contribution in [-0.4, -0.2) is 61.0 Å². The van der Waals surface area contributed by atoms with Gasteiger partial charge in [-0.05, 0) is 111 Å². The molecule has 0 radical (unpaired) electrons. The summed E-state index contributed by atoms with van der Waals surface area (Å²) in [5.41, 5.74) is 4.22. The number of fused-ring (bicyclic) bond motifs is 3. The number of anilines is 1. The number of benzene rings is 1. The van der Waals surface area contributed by atoms with Crippen LogP contribution in [0.2, 0.25) is 0 Å². The monoisotopic (exact) mass is 684 g/mol. The number of rotatable bonds is 9. The van der Waals surface area contributed by atoms with Crippen molar-refractivity contribution in [2.24, 2.45) is 11.3 Å². The predicted molar refractivity (Wildman–Crippen MR) is 190 cm³/mol. The van der Waals surface area contributed by atoms with E-state index in [2.05, 4.69) is 51.2 Å². The van der Waals surface area contributed by atoms with Crippen molar-refractivity contribution in [1.82, 2.24) is 15.3 Å². The molecular weight excluding hydrogens is 632 g/mol. The molecule has 4 aliphatic carbocycles. The highest BCUT2D eigenvalue weighted by Gasteiger charge is 2.51. The second-order valence-electron chi connectivity index (χ2n) is 16.3. The van der Waals surface area contributed by atoms with Gasteiger partial charge in [-0.15, -0.1) is 0 Å². The summed E-state index contributed by atoms with van der Waals surface area (Å²) in [5, 5.41) is 2.86. The average molecular weight is 685 g/mol. The number of hydrogen-bond donors (Lipinski definition) is 1. The van der Waals surface area contributed by atoms with Crippen LogP contribution in [0.5, 0.6) is 5.75 Å². The Hall–Kier alpha value is -3.92. The number of aryl methyl sites for hydroxylation is 1. The zero-order valence-electron chi connectivity index (χ0n) is 30.3. The van der Waals surface area contributed by atoms with Crippen LogP contribution in [0.3, 0.4) is 0 Å². The Labute approximate surface area is 295 Å². The normalized spacial score (nSPS) is 26.6. The SMILES string of the molecule is COc1ccc(C23CCC(CN(c4cc(-c5coc(C(C)(C)C)n5)ccn4)C(=O)[C@H]4CC[C@H](OC(=O)NC5COC5)CC4)(CC2)CC3)cc1C. The van der Waals surface area contributed by atoms with Gasteiger partial charge in [0.05, 0.1) is 26.4 Å². The second kappa shape index (κ2) is 13.7. The zero-order valence-corrected chi connectivity index (χ0v) is 30.3. The first kappa shape index (κ1) is 34.5. The molecule has 2 bridgehead atoms. The Morgan fingerprint density at radius 1 is 1.00 bits per heavy atom. The summed E-state index contributed by atoms with van der Waals surface area (Å²) < 4.78 is 22.3. The van der Waals surface area contributed by atoms with Crippen molar-refractivity contribution in [3.05, 3.63) is 59.8 Å². The maximum absolute atomic E-state index is 14.6. The molecule has 0 atom stereocenters. The largest absolute Gasteiger partial charge is 0.496 e. The lowest BCUT2D eigenvalue weighted by atomic mass is 9.51. The van der Waals surface area contributed by atoms with Gasteiger partial charge in [-0.3, -0.25) is 9.69 Å². The number of alkyl carbamates (subject to hydrolysis) is 1. The highest BCUT2D eigenvalue weighted by atomic mass is 16.6. The number of carbonyl (C=O) groups is 2. The minimum Gasteiger partial charge on any atom is -0.496 e. The second-order valence-corrected chi connectivity index (χ2v) is 16.3. The van der Waals surface area contributed by atoms with Crippen molar-refractivity contribution in [1.29, 1.82) is 0 Å². The molecule has 3 heterocycles. The summed E-state index contributed by atoms with van der Waals surface area (Å²) in [6.45, 7) is 10.1. The third kappa shape index (κ3) is 7.00. The van der Waals surface area contributed by atoms with E-state index in [-0.39, 0.29) is 40.2 Å². The smallest absolute Gasteiger partial charge is 0.407 e. The van der Waals surface area contributed by atoms with E-state index in [1.165, 1.54) is 11.1 Å². The summed E-state index contributed by atoms with van der Waals surface area (Å²) in [6.07, 6.45) is 12.1. The highest BCUT2D eigenvalue weighted by molar-refractivity contribution is 5.95. The summed E-state index contributed by atoms with van der Waals surface area (Å²) in [7, 11) is 1.73. The molecule has 1 saturated heterocycles. The minimum atomic E-state index is -0.396. The molecule has 2 amide bonds. The summed E-state index contributed by atoms with van der Waals surface area (Å²) >= 11 is 0. The van der Waals surface area contributed by atoms with E-state index in [9.17, 15) is 9.59 Å². The van der Waals surface area contributed by atoms with Gasteiger partial charge >= 0.3 is 6.09 Å². The lowest BCUT2D eigenvalue weighted by Gasteiger charge is -2.55. The number of aromatic nitrogens is 2. The quantitative estimate of drug-likeness (QED) is 0.244. The van der Waals surface area contributed by atoms with Gasteiger partial charge in [-0.25, -0.2) is 14.8 Å². The number of pyridine rings is 1. The van der Waals surface area contributed by atoms with E-state index in [1.807, 2.05) is 17.0 Å². The van der Waals surface area contributed by atoms with Crippen LogP contribution in [0.1, 0.15) is 102 Å². The van der Waals surface area contributed by atoms with E-state index in [1.54, 1.807) is 19.6 Å². The van der Waals surface area contributed by atoms with E-state index in [0.717, 1.165) is 55.5 Å². The average Bonchev–Trinajstić information content (AvgIpc) is 3.62. The highest BCUT2D eigenvalue weighted by Crippen LogP contribution is 2.58. The summed E-state index contributed by atoms with van der Waals surface area (Å²) in [5.74, 6) is 2.22. The van der Waals surface area contributed by atoms with Crippen molar-refractivity contribution in [3.8, 4) is 17.0 Å². The number of methoxy groups -OCH3 is 1. The third-order valence-corrected chi connectivity index (χ3v) is 11.9. The van der Waals surface area contributed by atoms with Gasteiger partial charge in [0.1, 0.15) is 29.6 Å². The van der Waals surface area contributed by atoms with Crippen LogP contribution in [0.4, 0.5) is 10.6 Å². The van der Waals surface area contributed by atoms with Crippen molar-refractivity contribution in [3.63, 3.8) is 0 Å². The number of ether oxygens (including phenoxy) is 3. The van der Waals surface area contributed by atoms with Crippen LogP contribution >= 0.6 is 0 Å². The van der Waals surface area contributed by atoms with E-state index >= 15 is 0 Å². The van der Waals surface area contributed by atoms with E-state index in [0.29, 0.717) is 57.2 Å². The molecule has 1 aliphatic heterocycles. The maximum atomic E-state index is 14.6. The van der Waals surface area contributed by atoms with Gasteiger partial charge in [0.15, 0.2) is 5.89 Å². The van der Waals surface area contributed by atoms with Crippen LogP contribution in [-0.2, 0) is 25.1 Å². The van der Waals surface area contributed by atoms with Crippen LogP contribution in [0, 0.1) is 18.3 Å². The first-order valence-corrected chi connectivity index (χ1v) is 18.4. The Bertz CT molecular complexity index is 1670. The molecule has 0 spiro atoms. The number of carbonyl (C=O) groups excluding carboxylic acids is 2. The first-order valence-electron chi connectivity index (χ1n) is 18.4. The molecule has 10 nitrogen and oxygen atoms in total. The van der Waals surface area contributed by atoms with Crippen molar-refractivity contribution < 1.29 is 28.2 Å². The molecule has 2 aromatic heterocycles. The van der Waals surface area contributed by atoms with E-state index < -0.39 is 6.09 Å². The molecule has 50 heavy (non-hydrogen) atoms. The minimum absolute atomic E-state index is 0.0268. The van der Waals surface area contributed by atoms with Gasteiger partial charge in [-0.1, -0.05) is 32.9 Å². The lowest BCUT2D eigenvalue weighted by molar-refractivity contribution is -0.124. The van der Waals surface area contributed by atoms with Crippen molar-refractivity contribution in [2.45, 2.75) is 115 Å². The Kier molecular flexibility index (Phi) is 9.43. The summed E-state index contributed by atoms with van der Waals surface area (Å²) in [4.78, 5) is 38.6. The molecule has 8 rings (SSSR count).